The molecule has 0 fully saturated rings. The molecule has 0 spiro atoms. The van der Waals surface area contributed by atoms with Crippen molar-refractivity contribution in [3.05, 3.63) is 30.1 Å². The van der Waals surface area contributed by atoms with E-state index in [2.05, 4.69) is 39.3 Å². The van der Waals surface area contributed by atoms with Gasteiger partial charge in [0.1, 0.15) is 0 Å². The van der Waals surface area contributed by atoms with E-state index in [-0.39, 0.29) is 0 Å². The Hall–Kier alpha value is -1.68. The standard InChI is InChI=1S/C12H14N4/c1-16-7-4-9(5-8-16)11-10-3-2-6-13-12(10)15-14-11/h2-4,6H,5,7-8H2,1H3,(H,13,14,15). The molecule has 0 radical (unpaired) electrons. The molecule has 1 aliphatic rings. The molecular formula is C12H14N4. The number of likely N-dealkylation sites (N-methyl/N-ethyl adjacent to an activating group) is 1. The van der Waals surface area contributed by atoms with Crippen LogP contribution in [0, 0.1) is 0 Å². The van der Waals surface area contributed by atoms with Gasteiger partial charge in [-0.1, -0.05) is 6.08 Å². The number of pyridine rings is 1. The summed E-state index contributed by atoms with van der Waals surface area (Å²) in [4.78, 5) is 6.54. The van der Waals surface area contributed by atoms with Gasteiger partial charge in [0.05, 0.1) is 5.69 Å². The third-order valence-electron chi connectivity index (χ3n) is 3.06. The minimum atomic E-state index is 0.803. The quantitative estimate of drug-likeness (QED) is 0.785. The Bertz CT molecular complexity index is 541. The van der Waals surface area contributed by atoms with Gasteiger partial charge in [0, 0.05) is 24.7 Å². The van der Waals surface area contributed by atoms with Gasteiger partial charge in [0.15, 0.2) is 5.65 Å². The van der Waals surface area contributed by atoms with Gasteiger partial charge in [-0.3, -0.25) is 5.10 Å². The predicted octanol–water partition coefficient (Wildman–Crippen LogP) is 1.68. The molecule has 0 aliphatic carbocycles. The van der Waals surface area contributed by atoms with Gasteiger partial charge in [-0.15, -0.1) is 0 Å². The number of hydrogen-bond donors (Lipinski definition) is 1. The minimum Gasteiger partial charge on any atom is -0.302 e. The summed E-state index contributed by atoms with van der Waals surface area (Å²) in [5.74, 6) is 0. The molecule has 0 saturated heterocycles. The van der Waals surface area contributed by atoms with Crippen molar-refractivity contribution in [2.45, 2.75) is 6.42 Å². The first-order chi connectivity index (χ1) is 7.84. The Morgan fingerprint density at radius 1 is 1.44 bits per heavy atom. The van der Waals surface area contributed by atoms with E-state index in [0.29, 0.717) is 0 Å². The second kappa shape index (κ2) is 3.72. The summed E-state index contributed by atoms with van der Waals surface area (Å²) in [6.45, 7) is 2.11. The van der Waals surface area contributed by atoms with Crippen LogP contribution in [0.2, 0.25) is 0 Å². The molecule has 0 amide bonds. The van der Waals surface area contributed by atoms with E-state index in [1.807, 2.05) is 6.07 Å². The van der Waals surface area contributed by atoms with Crippen LogP contribution in [0.4, 0.5) is 0 Å². The second-order valence-corrected chi connectivity index (χ2v) is 4.21. The monoisotopic (exact) mass is 214 g/mol. The number of H-pyrrole nitrogens is 1. The lowest BCUT2D eigenvalue weighted by Crippen LogP contribution is -2.23. The number of rotatable bonds is 1. The average Bonchev–Trinajstić information content (AvgIpc) is 2.74. The van der Waals surface area contributed by atoms with Crippen LogP contribution in [0.25, 0.3) is 16.6 Å². The number of aromatic nitrogens is 3. The summed E-state index contributed by atoms with van der Waals surface area (Å²) >= 11 is 0. The molecule has 2 aromatic rings. The average molecular weight is 214 g/mol. The Morgan fingerprint density at radius 3 is 3.19 bits per heavy atom. The van der Waals surface area contributed by atoms with Gasteiger partial charge in [-0.05, 0) is 31.2 Å². The Balaban J connectivity index is 2.06. The predicted molar refractivity (Wildman–Crippen MR) is 64.0 cm³/mol. The van der Waals surface area contributed by atoms with Crippen molar-refractivity contribution in [3.8, 4) is 0 Å². The molecule has 0 aromatic carbocycles. The van der Waals surface area contributed by atoms with E-state index in [0.717, 1.165) is 36.2 Å². The highest BCUT2D eigenvalue weighted by Crippen LogP contribution is 2.25. The molecule has 0 bridgehead atoms. The van der Waals surface area contributed by atoms with Crippen LogP contribution < -0.4 is 0 Å². The fourth-order valence-corrected chi connectivity index (χ4v) is 2.09. The molecule has 2 aromatic heterocycles. The van der Waals surface area contributed by atoms with Crippen molar-refractivity contribution in [3.63, 3.8) is 0 Å². The van der Waals surface area contributed by atoms with Crippen molar-refractivity contribution in [1.82, 2.24) is 20.1 Å². The van der Waals surface area contributed by atoms with Crippen LogP contribution in [0.3, 0.4) is 0 Å². The molecule has 1 aliphatic heterocycles. The molecule has 0 unspecified atom stereocenters. The van der Waals surface area contributed by atoms with Gasteiger partial charge in [0.25, 0.3) is 0 Å². The molecule has 0 saturated carbocycles. The van der Waals surface area contributed by atoms with Crippen LogP contribution >= 0.6 is 0 Å². The van der Waals surface area contributed by atoms with E-state index in [4.69, 9.17) is 0 Å². The number of nitrogens with one attached hydrogen (secondary N) is 1. The van der Waals surface area contributed by atoms with E-state index < -0.39 is 0 Å². The van der Waals surface area contributed by atoms with Gasteiger partial charge in [-0.2, -0.15) is 5.10 Å². The smallest absolute Gasteiger partial charge is 0.181 e. The number of hydrogen-bond acceptors (Lipinski definition) is 3. The van der Waals surface area contributed by atoms with Gasteiger partial charge >= 0.3 is 0 Å². The van der Waals surface area contributed by atoms with Crippen molar-refractivity contribution < 1.29 is 0 Å². The highest BCUT2D eigenvalue weighted by atomic mass is 15.2. The topological polar surface area (TPSA) is 44.8 Å². The molecule has 16 heavy (non-hydrogen) atoms. The van der Waals surface area contributed by atoms with E-state index >= 15 is 0 Å². The fourth-order valence-electron chi connectivity index (χ4n) is 2.09. The Kier molecular flexibility index (Phi) is 2.22. The summed E-state index contributed by atoms with van der Waals surface area (Å²) in [6, 6.07) is 4.02. The maximum atomic E-state index is 4.23. The number of aromatic amines is 1. The highest BCUT2D eigenvalue weighted by Gasteiger charge is 2.14. The first-order valence-electron chi connectivity index (χ1n) is 5.51. The molecule has 1 N–H and O–H groups in total. The van der Waals surface area contributed by atoms with Crippen LogP contribution in [-0.4, -0.2) is 40.2 Å². The molecule has 0 atom stereocenters. The maximum absolute atomic E-state index is 4.23. The minimum absolute atomic E-state index is 0.803. The van der Waals surface area contributed by atoms with Crippen molar-refractivity contribution >= 4 is 16.6 Å². The second-order valence-electron chi connectivity index (χ2n) is 4.21. The third kappa shape index (κ3) is 1.51. The zero-order valence-electron chi connectivity index (χ0n) is 9.27. The zero-order valence-corrected chi connectivity index (χ0v) is 9.27. The zero-order chi connectivity index (χ0) is 11.0. The fraction of sp³-hybridized carbons (Fsp3) is 0.333. The summed E-state index contributed by atoms with van der Waals surface area (Å²) in [5.41, 5.74) is 3.29. The van der Waals surface area contributed by atoms with Gasteiger partial charge in [-0.25, -0.2) is 4.98 Å². The molecule has 3 heterocycles. The summed E-state index contributed by atoms with van der Waals surface area (Å²) < 4.78 is 0. The largest absolute Gasteiger partial charge is 0.302 e. The van der Waals surface area contributed by atoms with Crippen LogP contribution in [0.15, 0.2) is 24.4 Å². The summed E-state index contributed by atoms with van der Waals surface area (Å²) in [7, 11) is 2.14. The number of fused-ring (bicyclic) bond motifs is 1. The molecular weight excluding hydrogens is 200 g/mol. The number of nitrogens with zero attached hydrogens (tertiary/aromatic N) is 3. The molecule has 82 valence electrons. The third-order valence-corrected chi connectivity index (χ3v) is 3.06. The highest BCUT2D eigenvalue weighted by molar-refractivity contribution is 5.88. The van der Waals surface area contributed by atoms with Gasteiger partial charge in [0.2, 0.25) is 0 Å². The van der Waals surface area contributed by atoms with Crippen molar-refractivity contribution in [1.29, 1.82) is 0 Å². The van der Waals surface area contributed by atoms with E-state index in [1.165, 1.54) is 5.57 Å². The van der Waals surface area contributed by atoms with Crippen LogP contribution in [-0.2, 0) is 0 Å². The lowest BCUT2D eigenvalue weighted by atomic mass is 10.0. The van der Waals surface area contributed by atoms with Crippen LogP contribution in [0.1, 0.15) is 12.1 Å². The normalized spacial score (nSPS) is 17.7. The Morgan fingerprint density at radius 2 is 2.38 bits per heavy atom. The maximum Gasteiger partial charge on any atom is 0.181 e. The van der Waals surface area contributed by atoms with Crippen LogP contribution in [0.5, 0.6) is 0 Å². The molecule has 4 heteroatoms. The molecule has 4 nitrogen and oxygen atoms in total. The van der Waals surface area contributed by atoms with Gasteiger partial charge < -0.3 is 4.90 Å². The van der Waals surface area contributed by atoms with E-state index in [1.54, 1.807) is 6.20 Å². The van der Waals surface area contributed by atoms with Crippen molar-refractivity contribution in [2.75, 3.05) is 20.1 Å². The Labute approximate surface area is 94.0 Å². The SMILES string of the molecule is CN1CC=C(c2[nH]nc3ncccc23)CC1. The first kappa shape index (κ1) is 9.54. The summed E-state index contributed by atoms with van der Waals surface area (Å²) in [6.07, 6.45) is 5.11. The van der Waals surface area contributed by atoms with E-state index in [9.17, 15) is 0 Å². The lowest BCUT2D eigenvalue weighted by Gasteiger charge is -2.21. The first-order valence-corrected chi connectivity index (χ1v) is 5.51. The summed E-state index contributed by atoms with van der Waals surface area (Å²) in [5, 5.41) is 8.44. The lowest BCUT2D eigenvalue weighted by molar-refractivity contribution is 0.370. The van der Waals surface area contributed by atoms with Crippen molar-refractivity contribution in [2.24, 2.45) is 0 Å². The molecule has 3 rings (SSSR count).